The van der Waals surface area contributed by atoms with Crippen LogP contribution in [0.1, 0.15) is 38.1 Å². The third kappa shape index (κ3) is 2.88. The maximum absolute atomic E-state index is 12.3. The molecule has 0 radical (unpaired) electrons. The predicted octanol–water partition coefficient (Wildman–Crippen LogP) is 2.40. The fraction of sp³-hybridized carbons (Fsp3) is 0.600. The maximum atomic E-state index is 12.3. The van der Waals surface area contributed by atoms with Crippen LogP contribution >= 0.6 is 0 Å². The number of piperidine rings is 1. The number of hydrogen-bond donors (Lipinski definition) is 0. The van der Waals surface area contributed by atoms with Crippen molar-refractivity contribution >= 4 is 5.91 Å². The molecule has 2 aliphatic rings. The molecule has 1 saturated heterocycles. The second kappa shape index (κ2) is 5.59. The van der Waals surface area contributed by atoms with Crippen LogP contribution in [-0.2, 0) is 4.79 Å². The van der Waals surface area contributed by atoms with Gasteiger partial charge in [0.05, 0.1) is 6.04 Å². The van der Waals surface area contributed by atoms with E-state index in [4.69, 9.17) is 0 Å². The van der Waals surface area contributed by atoms with E-state index in [-0.39, 0.29) is 0 Å². The van der Waals surface area contributed by atoms with Crippen LogP contribution in [0.5, 0.6) is 0 Å². The first-order valence-electron chi connectivity index (χ1n) is 7.26. The number of likely N-dealkylation sites (tertiary alicyclic amines) is 1. The lowest BCUT2D eigenvalue weighted by atomic mass is 10.0. The smallest absolute Gasteiger partial charge is 0.223 e. The molecular weight excluding hydrogens is 238 g/mol. The third-order valence-corrected chi connectivity index (χ3v) is 4.20. The van der Waals surface area contributed by atoms with Gasteiger partial charge in [-0.3, -0.25) is 9.48 Å². The minimum absolute atomic E-state index is 0.313. The summed E-state index contributed by atoms with van der Waals surface area (Å²) in [5, 5.41) is 4.30. The molecule has 1 aliphatic heterocycles. The van der Waals surface area contributed by atoms with Crippen LogP contribution < -0.4 is 0 Å². The summed E-state index contributed by atoms with van der Waals surface area (Å²) in [7, 11) is 0. The highest BCUT2D eigenvalue weighted by Crippen LogP contribution is 2.25. The highest BCUT2D eigenvalue weighted by atomic mass is 16.2. The summed E-state index contributed by atoms with van der Waals surface area (Å²) in [6.45, 7) is 1.73. The average Bonchev–Trinajstić information content (AvgIpc) is 3.12. The Labute approximate surface area is 114 Å². The first-order valence-corrected chi connectivity index (χ1v) is 7.26. The summed E-state index contributed by atoms with van der Waals surface area (Å²) in [6, 6.07) is 2.30. The van der Waals surface area contributed by atoms with Crippen LogP contribution in [0, 0.1) is 5.92 Å². The van der Waals surface area contributed by atoms with Crippen LogP contribution in [0.2, 0.25) is 0 Å². The van der Waals surface area contributed by atoms with Crippen LogP contribution in [0.4, 0.5) is 0 Å². The number of nitrogens with zero attached hydrogens (tertiary/aromatic N) is 3. The Morgan fingerprint density at radius 3 is 3.05 bits per heavy atom. The quantitative estimate of drug-likeness (QED) is 0.782. The zero-order valence-electron chi connectivity index (χ0n) is 11.2. The van der Waals surface area contributed by atoms with Gasteiger partial charge in [-0.05, 0) is 37.7 Å². The Morgan fingerprint density at radius 2 is 2.32 bits per heavy atom. The fourth-order valence-corrected chi connectivity index (χ4v) is 3.11. The van der Waals surface area contributed by atoms with Crippen LogP contribution in [0.3, 0.4) is 0 Å². The molecule has 0 unspecified atom stereocenters. The van der Waals surface area contributed by atoms with E-state index in [1.54, 1.807) is 0 Å². The molecule has 0 saturated carbocycles. The molecule has 0 N–H and O–H groups in total. The van der Waals surface area contributed by atoms with Crippen molar-refractivity contribution in [2.45, 2.75) is 38.1 Å². The fourth-order valence-electron chi connectivity index (χ4n) is 3.11. The Kier molecular flexibility index (Phi) is 3.67. The number of carbonyl (C=O) groups excluding carboxylic acids is 1. The van der Waals surface area contributed by atoms with E-state index in [1.807, 2.05) is 28.0 Å². The Hall–Kier alpha value is -1.58. The van der Waals surface area contributed by atoms with Crippen molar-refractivity contribution in [3.8, 4) is 0 Å². The van der Waals surface area contributed by atoms with Crippen LogP contribution in [-0.4, -0.2) is 33.7 Å². The topological polar surface area (TPSA) is 38.1 Å². The molecule has 4 heteroatoms. The molecule has 0 aromatic carbocycles. The lowest BCUT2D eigenvalue weighted by Gasteiger charge is -2.33. The van der Waals surface area contributed by atoms with E-state index in [0.717, 1.165) is 38.8 Å². The summed E-state index contributed by atoms with van der Waals surface area (Å²) in [5.74, 6) is 0.783. The zero-order valence-corrected chi connectivity index (χ0v) is 11.2. The van der Waals surface area contributed by atoms with Crippen molar-refractivity contribution in [1.82, 2.24) is 14.7 Å². The van der Waals surface area contributed by atoms with Gasteiger partial charge in [0.25, 0.3) is 0 Å². The molecule has 2 heterocycles. The normalized spacial score (nSPS) is 26.8. The highest BCUT2D eigenvalue weighted by Gasteiger charge is 2.26. The monoisotopic (exact) mass is 259 g/mol. The average molecular weight is 259 g/mol. The van der Waals surface area contributed by atoms with E-state index in [0.29, 0.717) is 24.3 Å². The first-order chi connectivity index (χ1) is 9.33. The van der Waals surface area contributed by atoms with Crippen molar-refractivity contribution in [3.63, 3.8) is 0 Å². The van der Waals surface area contributed by atoms with Crippen molar-refractivity contribution in [1.29, 1.82) is 0 Å². The maximum Gasteiger partial charge on any atom is 0.223 e. The lowest BCUT2D eigenvalue weighted by molar-refractivity contribution is -0.133. The lowest BCUT2D eigenvalue weighted by Crippen LogP contribution is -2.41. The van der Waals surface area contributed by atoms with Crippen molar-refractivity contribution in [2.24, 2.45) is 5.92 Å². The van der Waals surface area contributed by atoms with E-state index >= 15 is 0 Å². The van der Waals surface area contributed by atoms with Gasteiger partial charge in [0, 0.05) is 31.9 Å². The summed E-state index contributed by atoms with van der Waals surface area (Å²) < 4.78 is 1.99. The summed E-state index contributed by atoms with van der Waals surface area (Å²) >= 11 is 0. The summed E-state index contributed by atoms with van der Waals surface area (Å²) in [6.07, 6.45) is 13.4. The van der Waals surface area contributed by atoms with Gasteiger partial charge in [0.1, 0.15) is 0 Å². The van der Waals surface area contributed by atoms with Crippen molar-refractivity contribution in [2.75, 3.05) is 13.1 Å². The minimum Gasteiger partial charge on any atom is -0.341 e. The number of aromatic nitrogens is 2. The number of allylic oxidation sites excluding steroid dienone is 2. The molecule has 4 nitrogen and oxygen atoms in total. The molecule has 1 aromatic rings. The third-order valence-electron chi connectivity index (χ3n) is 4.20. The van der Waals surface area contributed by atoms with Gasteiger partial charge >= 0.3 is 0 Å². The highest BCUT2D eigenvalue weighted by molar-refractivity contribution is 5.76. The second-order valence-corrected chi connectivity index (χ2v) is 5.59. The van der Waals surface area contributed by atoms with Crippen molar-refractivity contribution < 1.29 is 4.79 Å². The molecule has 1 aliphatic carbocycles. The molecule has 2 atom stereocenters. The van der Waals surface area contributed by atoms with Crippen LogP contribution in [0.15, 0.2) is 30.6 Å². The van der Waals surface area contributed by atoms with Gasteiger partial charge in [-0.15, -0.1) is 0 Å². The molecule has 19 heavy (non-hydrogen) atoms. The molecule has 3 rings (SSSR count). The molecule has 0 spiro atoms. The molecule has 102 valence electrons. The van der Waals surface area contributed by atoms with Gasteiger partial charge in [-0.2, -0.15) is 5.10 Å². The Morgan fingerprint density at radius 1 is 1.37 bits per heavy atom. The molecule has 1 fully saturated rings. The SMILES string of the molecule is O=C(C[C@@H]1C=CCC1)N1CCC[C@@H](n2cccn2)C1. The molecule has 1 amide bonds. The summed E-state index contributed by atoms with van der Waals surface area (Å²) in [4.78, 5) is 14.4. The van der Waals surface area contributed by atoms with Crippen molar-refractivity contribution in [3.05, 3.63) is 30.6 Å². The van der Waals surface area contributed by atoms with Gasteiger partial charge in [-0.25, -0.2) is 0 Å². The number of hydrogen-bond acceptors (Lipinski definition) is 2. The predicted molar refractivity (Wildman–Crippen MR) is 73.6 cm³/mol. The van der Waals surface area contributed by atoms with E-state index in [9.17, 15) is 4.79 Å². The molecule has 1 aromatic heterocycles. The molecule has 0 bridgehead atoms. The standard InChI is InChI=1S/C15H21N3O/c19-15(11-13-5-1-2-6-13)17-9-3-7-14(12-17)18-10-4-8-16-18/h1,4-5,8,10,13-14H,2-3,6-7,9,11-12H2/t13-,14-/m1/s1. The summed E-state index contributed by atoms with van der Waals surface area (Å²) in [5.41, 5.74) is 0. The zero-order chi connectivity index (χ0) is 13.1. The van der Waals surface area contributed by atoms with Gasteiger partial charge in [0.2, 0.25) is 5.91 Å². The van der Waals surface area contributed by atoms with E-state index in [1.165, 1.54) is 0 Å². The Balaban J connectivity index is 1.58. The molecular formula is C15H21N3O. The van der Waals surface area contributed by atoms with Gasteiger partial charge in [0.15, 0.2) is 0 Å². The second-order valence-electron chi connectivity index (χ2n) is 5.59. The first kappa shape index (κ1) is 12.5. The van der Waals surface area contributed by atoms with E-state index < -0.39 is 0 Å². The number of carbonyl (C=O) groups is 1. The van der Waals surface area contributed by atoms with Gasteiger partial charge < -0.3 is 4.90 Å². The van der Waals surface area contributed by atoms with E-state index in [2.05, 4.69) is 17.3 Å². The Bertz CT molecular complexity index is 452. The number of rotatable bonds is 3. The van der Waals surface area contributed by atoms with Gasteiger partial charge in [-0.1, -0.05) is 12.2 Å². The van der Waals surface area contributed by atoms with Crippen LogP contribution in [0.25, 0.3) is 0 Å². The largest absolute Gasteiger partial charge is 0.341 e. The number of amides is 1. The minimum atomic E-state index is 0.313.